The minimum atomic E-state index is -0.905. The van der Waals surface area contributed by atoms with E-state index >= 15 is 0 Å². The Hall–Kier alpha value is -2.54. The lowest BCUT2D eigenvalue weighted by Crippen LogP contribution is -2.54. The minimum absolute atomic E-state index is 0.131. The van der Waals surface area contributed by atoms with Crippen LogP contribution in [0.1, 0.15) is 44.7 Å². The minimum Gasteiger partial charge on any atom is -0.312 e. The predicted octanol–water partition coefficient (Wildman–Crippen LogP) is -0.266. The van der Waals surface area contributed by atoms with Crippen LogP contribution in [0, 0.1) is 0 Å². The number of hydrogen-bond donors (Lipinski definition) is 2. The molecule has 3 heterocycles. The molecule has 1 unspecified atom stereocenters. The molecule has 7 heteroatoms. The van der Waals surface area contributed by atoms with Gasteiger partial charge in [-0.1, -0.05) is 6.07 Å². The summed E-state index contributed by atoms with van der Waals surface area (Å²) in [6.45, 7) is 1.42. The third-order valence-corrected chi connectivity index (χ3v) is 4.68. The molecular weight excluding hydrogens is 298 g/mol. The maximum Gasteiger partial charge on any atom is 0.262 e. The van der Waals surface area contributed by atoms with Gasteiger partial charge < -0.3 is 5.32 Å². The SMILES string of the molecule is O=C1CCC(N2C(=O)c3ccc4c(c3C2=O)CCNC4)C(=O)N1. The molecule has 1 atom stereocenters. The van der Waals surface area contributed by atoms with E-state index in [1.165, 1.54) is 0 Å². The number of amides is 4. The van der Waals surface area contributed by atoms with Gasteiger partial charge in [0.2, 0.25) is 11.8 Å². The summed E-state index contributed by atoms with van der Waals surface area (Å²) < 4.78 is 0. The summed E-state index contributed by atoms with van der Waals surface area (Å²) in [6, 6.07) is 2.62. The molecule has 0 aliphatic carbocycles. The van der Waals surface area contributed by atoms with E-state index in [4.69, 9.17) is 0 Å². The average Bonchev–Trinajstić information content (AvgIpc) is 2.80. The van der Waals surface area contributed by atoms with Crippen LogP contribution in [-0.4, -0.2) is 41.1 Å². The van der Waals surface area contributed by atoms with Gasteiger partial charge in [-0.25, -0.2) is 0 Å². The van der Waals surface area contributed by atoms with Gasteiger partial charge in [0.15, 0.2) is 0 Å². The fourth-order valence-electron chi connectivity index (χ4n) is 3.56. The topological polar surface area (TPSA) is 95.6 Å². The van der Waals surface area contributed by atoms with Crippen LogP contribution in [0.25, 0.3) is 0 Å². The first-order valence-electron chi connectivity index (χ1n) is 7.65. The van der Waals surface area contributed by atoms with Crippen molar-refractivity contribution in [1.82, 2.24) is 15.5 Å². The van der Waals surface area contributed by atoms with Crippen LogP contribution < -0.4 is 10.6 Å². The van der Waals surface area contributed by atoms with Gasteiger partial charge in [0.1, 0.15) is 6.04 Å². The van der Waals surface area contributed by atoms with Crippen molar-refractivity contribution in [2.45, 2.75) is 31.8 Å². The number of imide groups is 2. The van der Waals surface area contributed by atoms with E-state index in [-0.39, 0.29) is 18.7 Å². The third kappa shape index (κ3) is 2.00. The standard InChI is InChI=1S/C16H15N3O4/c20-12-4-3-11(14(21)18-12)19-15(22)10-2-1-8-7-17-6-5-9(8)13(10)16(19)23/h1-2,11,17H,3-7H2,(H,18,20,21). The Morgan fingerprint density at radius 2 is 1.87 bits per heavy atom. The van der Waals surface area contributed by atoms with Crippen LogP contribution in [-0.2, 0) is 22.6 Å². The zero-order valence-corrected chi connectivity index (χ0v) is 12.3. The van der Waals surface area contributed by atoms with Crippen LogP contribution in [0.3, 0.4) is 0 Å². The van der Waals surface area contributed by atoms with Crippen molar-refractivity contribution in [2.24, 2.45) is 0 Å². The number of nitrogens with one attached hydrogen (secondary N) is 2. The van der Waals surface area contributed by atoms with Crippen molar-refractivity contribution in [3.8, 4) is 0 Å². The summed E-state index contributed by atoms with van der Waals surface area (Å²) in [5.74, 6) is -1.81. The molecule has 0 saturated carbocycles. The fourth-order valence-corrected chi connectivity index (χ4v) is 3.56. The molecule has 1 aromatic rings. The molecule has 1 aromatic carbocycles. The number of carbonyl (C=O) groups excluding carboxylic acids is 4. The number of nitrogens with zero attached hydrogens (tertiary/aromatic N) is 1. The van der Waals surface area contributed by atoms with Gasteiger partial charge in [0, 0.05) is 13.0 Å². The molecule has 7 nitrogen and oxygen atoms in total. The van der Waals surface area contributed by atoms with E-state index < -0.39 is 23.8 Å². The number of piperidine rings is 1. The van der Waals surface area contributed by atoms with Gasteiger partial charge >= 0.3 is 0 Å². The van der Waals surface area contributed by atoms with Crippen LogP contribution in [0.4, 0.5) is 0 Å². The third-order valence-electron chi connectivity index (χ3n) is 4.68. The summed E-state index contributed by atoms with van der Waals surface area (Å²) >= 11 is 0. The van der Waals surface area contributed by atoms with Crippen LogP contribution >= 0.6 is 0 Å². The predicted molar refractivity (Wildman–Crippen MR) is 78.5 cm³/mol. The van der Waals surface area contributed by atoms with E-state index in [1.807, 2.05) is 6.07 Å². The average molecular weight is 313 g/mol. The normalized spacial score (nSPS) is 23.7. The number of carbonyl (C=O) groups is 4. The Kier molecular flexibility index (Phi) is 3.05. The van der Waals surface area contributed by atoms with Gasteiger partial charge in [-0.05, 0) is 36.6 Å². The van der Waals surface area contributed by atoms with E-state index in [1.54, 1.807) is 6.07 Å². The highest BCUT2D eigenvalue weighted by atomic mass is 16.2. The first-order valence-corrected chi connectivity index (χ1v) is 7.65. The highest BCUT2D eigenvalue weighted by Crippen LogP contribution is 2.32. The molecule has 0 aromatic heterocycles. The molecule has 1 fully saturated rings. The quantitative estimate of drug-likeness (QED) is 0.696. The second-order valence-electron chi connectivity index (χ2n) is 6.00. The summed E-state index contributed by atoms with van der Waals surface area (Å²) in [5.41, 5.74) is 2.70. The zero-order chi connectivity index (χ0) is 16.1. The molecule has 1 saturated heterocycles. The van der Waals surface area contributed by atoms with E-state index in [2.05, 4.69) is 10.6 Å². The van der Waals surface area contributed by atoms with Crippen LogP contribution in [0.5, 0.6) is 0 Å². The van der Waals surface area contributed by atoms with Crippen molar-refractivity contribution in [1.29, 1.82) is 0 Å². The number of fused-ring (bicyclic) bond motifs is 3. The maximum absolute atomic E-state index is 12.8. The maximum atomic E-state index is 12.8. The molecule has 0 spiro atoms. The van der Waals surface area contributed by atoms with Gasteiger partial charge in [-0.15, -0.1) is 0 Å². The lowest BCUT2D eigenvalue weighted by atomic mass is 9.92. The first kappa shape index (κ1) is 14.1. The lowest BCUT2D eigenvalue weighted by Gasteiger charge is -2.28. The Morgan fingerprint density at radius 1 is 1.04 bits per heavy atom. The summed E-state index contributed by atoms with van der Waals surface area (Å²) in [5, 5.41) is 5.44. The molecule has 118 valence electrons. The van der Waals surface area contributed by atoms with Crippen molar-refractivity contribution in [2.75, 3.05) is 6.54 Å². The van der Waals surface area contributed by atoms with Gasteiger partial charge in [0.05, 0.1) is 11.1 Å². The highest BCUT2D eigenvalue weighted by molar-refractivity contribution is 6.24. The van der Waals surface area contributed by atoms with Gasteiger partial charge in [0.25, 0.3) is 11.8 Å². The summed E-state index contributed by atoms with van der Waals surface area (Å²) in [7, 11) is 0. The van der Waals surface area contributed by atoms with Gasteiger partial charge in [-0.2, -0.15) is 0 Å². The summed E-state index contributed by atoms with van der Waals surface area (Å²) in [4.78, 5) is 49.8. The Bertz CT molecular complexity index is 771. The molecule has 3 aliphatic heterocycles. The number of benzene rings is 1. The molecule has 3 aliphatic rings. The summed E-state index contributed by atoms with van der Waals surface area (Å²) in [6.07, 6.45) is 0.992. The second-order valence-corrected chi connectivity index (χ2v) is 6.00. The molecule has 4 rings (SSSR count). The molecule has 0 radical (unpaired) electrons. The fraction of sp³-hybridized carbons (Fsp3) is 0.375. The molecule has 4 amide bonds. The van der Waals surface area contributed by atoms with Crippen molar-refractivity contribution >= 4 is 23.6 Å². The van der Waals surface area contributed by atoms with Crippen molar-refractivity contribution < 1.29 is 19.2 Å². The Morgan fingerprint density at radius 3 is 2.65 bits per heavy atom. The van der Waals surface area contributed by atoms with Crippen LogP contribution in [0.15, 0.2) is 12.1 Å². The van der Waals surface area contributed by atoms with E-state index in [0.29, 0.717) is 24.1 Å². The lowest BCUT2D eigenvalue weighted by molar-refractivity contribution is -0.136. The number of hydrogen-bond acceptors (Lipinski definition) is 5. The van der Waals surface area contributed by atoms with Gasteiger partial charge in [-0.3, -0.25) is 29.4 Å². The molecule has 0 bridgehead atoms. The van der Waals surface area contributed by atoms with Crippen molar-refractivity contribution in [3.05, 3.63) is 34.4 Å². The second kappa shape index (κ2) is 4.99. The Balaban J connectivity index is 1.75. The van der Waals surface area contributed by atoms with E-state index in [0.717, 1.165) is 22.6 Å². The van der Waals surface area contributed by atoms with Crippen molar-refractivity contribution in [3.63, 3.8) is 0 Å². The number of rotatable bonds is 1. The van der Waals surface area contributed by atoms with Crippen LogP contribution in [0.2, 0.25) is 0 Å². The zero-order valence-electron chi connectivity index (χ0n) is 12.3. The largest absolute Gasteiger partial charge is 0.312 e. The monoisotopic (exact) mass is 313 g/mol. The highest BCUT2D eigenvalue weighted by Gasteiger charge is 2.45. The molecular formula is C16H15N3O4. The first-order chi connectivity index (χ1) is 11.1. The smallest absolute Gasteiger partial charge is 0.262 e. The molecule has 23 heavy (non-hydrogen) atoms. The van der Waals surface area contributed by atoms with E-state index in [9.17, 15) is 19.2 Å². The molecule has 2 N–H and O–H groups in total. The Labute approximate surface area is 132 Å².